The predicted octanol–water partition coefficient (Wildman–Crippen LogP) is 8.87. The third kappa shape index (κ3) is 13.9. The van der Waals surface area contributed by atoms with Crippen LogP contribution in [0.15, 0.2) is 84.2 Å². The Labute approximate surface area is 162 Å². The van der Waals surface area contributed by atoms with Crippen LogP contribution in [0.25, 0.3) is 11.8 Å². The lowest BCUT2D eigenvalue weighted by molar-refractivity contribution is 1.15. The second-order valence-electron chi connectivity index (χ2n) is 4.35. The van der Waals surface area contributed by atoms with Crippen LogP contribution in [0.1, 0.15) is 66.0 Å². The molecule has 1 aromatic carbocycles. The molecule has 2 nitrogen and oxygen atoms in total. The molecule has 0 aliphatic carbocycles. The van der Waals surface area contributed by atoms with Crippen molar-refractivity contribution in [1.29, 1.82) is 0 Å². The Hall–Kier alpha value is -2.48. The Morgan fingerprint density at radius 1 is 0.962 bits per heavy atom. The highest BCUT2D eigenvalue weighted by molar-refractivity contribution is 5.73. The summed E-state index contributed by atoms with van der Waals surface area (Å²) in [6.07, 6.45) is 10.3. The zero-order valence-electron chi connectivity index (χ0n) is 17.9. The first-order valence-corrected chi connectivity index (χ1v) is 9.36. The Kier molecular flexibility index (Phi) is 24.5. The molecular weight excluding hydrogens is 316 g/mol. The predicted molar refractivity (Wildman–Crippen MR) is 122 cm³/mol. The van der Waals surface area contributed by atoms with Gasteiger partial charge in [-0.2, -0.15) is 10.2 Å². The standard InChI is InChI=1S/C16H18N2.C4H8.2C2H6/c1-5-10-16(18-17-13(4)6-2)15-12-9-8-11-14(15)7-3;1-3-4-2;2*1-2/h6-12H,2-5H2,1H3;3-4H,1-2H3;2*1-2H3/b16-10+,18-17?;4-3-;;. The van der Waals surface area contributed by atoms with Crippen molar-refractivity contribution in [3.8, 4) is 0 Å². The molecule has 0 N–H and O–H groups in total. The molecule has 0 aliphatic rings. The Morgan fingerprint density at radius 2 is 1.50 bits per heavy atom. The highest BCUT2D eigenvalue weighted by Gasteiger charge is 2.03. The molecular formula is C24H38N2. The molecule has 2 heteroatoms. The van der Waals surface area contributed by atoms with Gasteiger partial charge in [-0.15, -0.1) is 0 Å². The number of hydrogen-bond acceptors (Lipinski definition) is 2. The van der Waals surface area contributed by atoms with E-state index in [2.05, 4.69) is 36.9 Å². The van der Waals surface area contributed by atoms with Gasteiger partial charge in [0.2, 0.25) is 0 Å². The minimum absolute atomic E-state index is 0.549. The van der Waals surface area contributed by atoms with Crippen LogP contribution in [0, 0.1) is 0 Å². The van der Waals surface area contributed by atoms with E-state index in [1.165, 1.54) is 0 Å². The third-order valence-electron chi connectivity index (χ3n) is 2.71. The summed E-state index contributed by atoms with van der Waals surface area (Å²) in [5, 5.41) is 8.25. The van der Waals surface area contributed by atoms with Gasteiger partial charge in [0.05, 0.1) is 11.4 Å². The van der Waals surface area contributed by atoms with Crippen molar-refractivity contribution >= 4 is 11.8 Å². The van der Waals surface area contributed by atoms with Gasteiger partial charge in [0, 0.05) is 5.56 Å². The highest BCUT2D eigenvalue weighted by atomic mass is 15.1. The second kappa shape index (κ2) is 22.5. The molecule has 0 bridgehead atoms. The van der Waals surface area contributed by atoms with Crippen molar-refractivity contribution in [2.75, 3.05) is 0 Å². The van der Waals surface area contributed by atoms with Crippen LogP contribution in [0.2, 0.25) is 0 Å². The Balaban J connectivity index is -0.000000568. The first-order chi connectivity index (χ1) is 12.6. The van der Waals surface area contributed by atoms with Crippen LogP contribution in [0.5, 0.6) is 0 Å². The van der Waals surface area contributed by atoms with Crippen LogP contribution >= 0.6 is 0 Å². The van der Waals surface area contributed by atoms with E-state index < -0.39 is 0 Å². The largest absolute Gasteiger partial charge is 0.151 e. The molecule has 0 saturated heterocycles. The molecule has 0 atom stereocenters. The highest BCUT2D eigenvalue weighted by Crippen LogP contribution is 2.22. The minimum atomic E-state index is 0.549. The topological polar surface area (TPSA) is 24.7 Å². The molecule has 144 valence electrons. The van der Waals surface area contributed by atoms with E-state index in [9.17, 15) is 0 Å². The van der Waals surface area contributed by atoms with E-state index in [4.69, 9.17) is 0 Å². The Morgan fingerprint density at radius 3 is 1.92 bits per heavy atom. The van der Waals surface area contributed by atoms with Gasteiger partial charge in [-0.1, -0.05) is 103 Å². The minimum Gasteiger partial charge on any atom is -0.151 e. The third-order valence-corrected chi connectivity index (χ3v) is 2.71. The van der Waals surface area contributed by atoms with E-state index in [0.29, 0.717) is 5.70 Å². The molecule has 1 rings (SSSR count). The maximum Gasteiger partial charge on any atom is 0.0895 e. The lowest BCUT2D eigenvalue weighted by atomic mass is 10.0. The number of rotatable bonds is 6. The van der Waals surface area contributed by atoms with Crippen LogP contribution in [0.4, 0.5) is 0 Å². The van der Waals surface area contributed by atoms with Gasteiger partial charge in [0.15, 0.2) is 0 Å². The summed E-state index contributed by atoms with van der Waals surface area (Å²) in [6.45, 7) is 25.2. The van der Waals surface area contributed by atoms with Crippen LogP contribution < -0.4 is 0 Å². The number of benzene rings is 1. The van der Waals surface area contributed by atoms with Crippen molar-refractivity contribution in [3.63, 3.8) is 0 Å². The van der Waals surface area contributed by atoms with Crippen molar-refractivity contribution in [3.05, 3.63) is 85.1 Å². The first kappa shape index (κ1) is 28.3. The fourth-order valence-corrected chi connectivity index (χ4v) is 1.47. The lowest BCUT2D eigenvalue weighted by Crippen LogP contribution is -1.86. The fourth-order valence-electron chi connectivity index (χ4n) is 1.47. The van der Waals surface area contributed by atoms with Gasteiger partial charge in [-0.3, -0.25) is 0 Å². The molecule has 0 radical (unpaired) electrons. The molecule has 0 fully saturated rings. The fraction of sp³-hybridized carbons (Fsp3) is 0.333. The van der Waals surface area contributed by atoms with Crippen LogP contribution in [-0.2, 0) is 0 Å². The zero-order valence-corrected chi connectivity index (χ0v) is 17.9. The summed E-state index contributed by atoms with van der Waals surface area (Å²) in [5.41, 5.74) is 3.44. The van der Waals surface area contributed by atoms with Gasteiger partial charge in [0.1, 0.15) is 0 Å². The van der Waals surface area contributed by atoms with Crippen LogP contribution in [0.3, 0.4) is 0 Å². The lowest BCUT2D eigenvalue weighted by Gasteiger charge is -2.05. The summed E-state index contributed by atoms with van der Waals surface area (Å²) >= 11 is 0. The maximum atomic E-state index is 4.23. The monoisotopic (exact) mass is 354 g/mol. The Bertz CT molecular complexity index is 572. The van der Waals surface area contributed by atoms with E-state index >= 15 is 0 Å². The molecule has 0 aromatic heterocycles. The van der Waals surface area contributed by atoms with Gasteiger partial charge in [0.25, 0.3) is 0 Å². The van der Waals surface area contributed by atoms with Crippen molar-refractivity contribution < 1.29 is 0 Å². The second-order valence-corrected chi connectivity index (χ2v) is 4.35. The van der Waals surface area contributed by atoms with Gasteiger partial charge in [-0.25, -0.2) is 0 Å². The van der Waals surface area contributed by atoms with Gasteiger partial charge < -0.3 is 0 Å². The van der Waals surface area contributed by atoms with Crippen LogP contribution in [-0.4, -0.2) is 0 Å². The van der Waals surface area contributed by atoms with E-state index in [-0.39, 0.29) is 0 Å². The molecule has 0 unspecified atom stereocenters. The summed E-state index contributed by atoms with van der Waals surface area (Å²) in [5.74, 6) is 0. The number of hydrogen-bond donors (Lipinski definition) is 0. The van der Waals surface area contributed by atoms with Gasteiger partial charge >= 0.3 is 0 Å². The average molecular weight is 355 g/mol. The molecule has 0 saturated carbocycles. The van der Waals surface area contributed by atoms with Gasteiger partial charge in [-0.05, 0) is 31.9 Å². The molecule has 1 aromatic rings. The smallest absolute Gasteiger partial charge is 0.0895 e. The van der Waals surface area contributed by atoms with E-state index in [0.717, 1.165) is 23.2 Å². The van der Waals surface area contributed by atoms with E-state index in [1.54, 1.807) is 6.08 Å². The molecule has 0 aliphatic heterocycles. The quantitative estimate of drug-likeness (QED) is 0.277. The normalized spacial score (nSPS) is 9.88. The summed E-state index contributed by atoms with van der Waals surface area (Å²) in [6, 6.07) is 7.96. The maximum absolute atomic E-state index is 4.23. The zero-order chi connectivity index (χ0) is 20.8. The molecule has 0 spiro atoms. The summed E-state index contributed by atoms with van der Waals surface area (Å²) in [4.78, 5) is 0. The molecule has 0 amide bonds. The molecule has 26 heavy (non-hydrogen) atoms. The average Bonchev–Trinajstić information content (AvgIpc) is 2.73. The van der Waals surface area contributed by atoms with Crippen molar-refractivity contribution in [2.24, 2.45) is 10.2 Å². The number of azo groups is 1. The first-order valence-electron chi connectivity index (χ1n) is 9.36. The number of nitrogens with zero attached hydrogens (tertiary/aromatic N) is 2. The molecule has 0 heterocycles. The van der Waals surface area contributed by atoms with E-state index in [1.807, 2.05) is 90.1 Å². The van der Waals surface area contributed by atoms with Crippen molar-refractivity contribution in [2.45, 2.75) is 54.9 Å². The number of allylic oxidation sites excluding steroid dienone is 4. The summed E-state index contributed by atoms with van der Waals surface area (Å²) < 4.78 is 0. The summed E-state index contributed by atoms with van der Waals surface area (Å²) in [7, 11) is 0. The SMILES string of the molecule is C/C=C\C.C=CC(=C)N=N/C(=C/CC)c1ccccc1C=C.CC.CC. The van der Waals surface area contributed by atoms with Crippen molar-refractivity contribution in [1.82, 2.24) is 0 Å².